The largest absolute Gasteiger partial charge is 0.0683 e. The minimum absolute atomic E-state index is 0.342. The van der Waals surface area contributed by atoms with Crippen LogP contribution in [0.4, 0.5) is 0 Å². The maximum Gasteiger partial charge on any atom is -0.0101 e. The summed E-state index contributed by atoms with van der Waals surface area (Å²) in [5, 5.41) is 0. The SMILES string of the molecule is CC.Cc1ccc2c(c1)C(C)(C)CCC(C)(C)C2. The zero-order valence-electron chi connectivity index (χ0n) is 13.4. The fourth-order valence-electron chi connectivity index (χ4n) is 2.86. The molecular weight excluding hydrogens is 216 g/mol. The molecule has 0 spiro atoms. The highest BCUT2D eigenvalue weighted by Crippen LogP contribution is 2.42. The first-order valence-corrected chi connectivity index (χ1v) is 7.40. The van der Waals surface area contributed by atoms with E-state index < -0.39 is 0 Å². The van der Waals surface area contributed by atoms with Gasteiger partial charge in [0.25, 0.3) is 0 Å². The van der Waals surface area contributed by atoms with Gasteiger partial charge in [-0.1, -0.05) is 65.3 Å². The van der Waals surface area contributed by atoms with E-state index in [0.29, 0.717) is 10.8 Å². The quantitative estimate of drug-likeness (QED) is 0.518. The van der Waals surface area contributed by atoms with Crippen LogP contribution < -0.4 is 0 Å². The van der Waals surface area contributed by atoms with E-state index in [1.54, 1.807) is 11.1 Å². The monoisotopic (exact) mass is 246 g/mol. The van der Waals surface area contributed by atoms with Gasteiger partial charge in [0.2, 0.25) is 0 Å². The topological polar surface area (TPSA) is 0 Å². The molecule has 0 heteroatoms. The molecule has 0 N–H and O–H groups in total. The van der Waals surface area contributed by atoms with Crippen LogP contribution in [0.15, 0.2) is 18.2 Å². The molecule has 0 saturated heterocycles. The van der Waals surface area contributed by atoms with Crippen molar-refractivity contribution in [2.45, 2.75) is 73.1 Å². The van der Waals surface area contributed by atoms with Crippen molar-refractivity contribution < 1.29 is 0 Å². The van der Waals surface area contributed by atoms with E-state index in [1.807, 2.05) is 13.8 Å². The lowest BCUT2D eigenvalue weighted by Crippen LogP contribution is -2.18. The molecule has 18 heavy (non-hydrogen) atoms. The van der Waals surface area contributed by atoms with E-state index in [9.17, 15) is 0 Å². The van der Waals surface area contributed by atoms with E-state index in [0.717, 1.165) is 0 Å². The first-order chi connectivity index (χ1) is 8.30. The molecule has 102 valence electrons. The van der Waals surface area contributed by atoms with Crippen LogP contribution in [0.25, 0.3) is 0 Å². The summed E-state index contributed by atoms with van der Waals surface area (Å²) in [6.45, 7) is 15.8. The highest BCUT2D eigenvalue weighted by molar-refractivity contribution is 5.38. The molecule has 1 aromatic rings. The summed E-state index contributed by atoms with van der Waals surface area (Å²) in [4.78, 5) is 0. The molecule has 0 radical (unpaired) electrons. The van der Waals surface area contributed by atoms with Crippen molar-refractivity contribution in [3.63, 3.8) is 0 Å². The Morgan fingerprint density at radius 2 is 1.56 bits per heavy atom. The third-order valence-corrected chi connectivity index (χ3v) is 4.09. The second-order valence-corrected chi connectivity index (χ2v) is 6.89. The zero-order valence-corrected chi connectivity index (χ0v) is 13.4. The Kier molecular flexibility index (Phi) is 4.64. The maximum absolute atomic E-state index is 2.40. The predicted molar refractivity (Wildman–Crippen MR) is 82.3 cm³/mol. The van der Waals surface area contributed by atoms with E-state index in [1.165, 1.54) is 24.8 Å². The normalized spacial score (nSPS) is 20.2. The number of aryl methyl sites for hydroxylation is 1. The van der Waals surface area contributed by atoms with Gasteiger partial charge in [0.1, 0.15) is 0 Å². The van der Waals surface area contributed by atoms with Crippen molar-refractivity contribution in [2.24, 2.45) is 5.41 Å². The highest BCUT2D eigenvalue weighted by atomic mass is 14.4. The van der Waals surface area contributed by atoms with E-state index in [2.05, 4.69) is 52.8 Å². The lowest BCUT2D eigenvalue weighted by molar-refractivity contribution is 0.304. The molecule has 1 aliphatic rings. The van der Waals surface area contributed by atoms with Gasteiger partial charge in [0.15, 0.2) is 0 Å². The Morgan fingerprint density at radius 3 is 2.17 bits per heavy atom. The molecule has 0 aliphatic heterocycles. The molecule has 0 unspecified atom stereocenters. The Morgan fingerprint density at radius 1 is 0.944 bits per heavy atom. The van der Waals surface area contributed by atoms with Crippen molar-refractivity contribution >= 4 is 0 Å². The third kappa shape index (κ3) is 3.37. The van der Waals surface area contributed by atoms with Crippen LogP contribution in [0.1, 0.15) is 71.1 Å². The number of hydrogen-bond acceptors (Lipinski definition) is 0. The fraction of sp³-hybridized carbons (Fsp3) is 0.667. The molecule has 0 heterocycles. The lowest BCUT2D eigenvalue weighted by Gasteiger charge is -2.26. The van der Waals surface area contributed by atoms with Crippen molar-refractivity contribution in [1.82, 2.24) is 0 Å². The van der Waals surface area contributed by atoms with Gasteiger partial charge in [-0.15, -0.1) is 0 Å². The van der Waals surface area contributed by atoms with Crippen molar-refractivity contribution in [2.75, 3.05) is 0 Å². The van der Waals surface area contributed by atoms with Gasteiger partial charge in [-0.05, 0) is 48.1 Å². The van der Waals surface area contributed by atoms with Crippen LogP contribution in [-0.2, 0) is 11.8 Å². The molecule has 0 amide bonds. The first-order valence-electron chi connectivity index (χ1n) is 7.40. The summed E-state index contributed by atoms with van der Waals surface area (Å²) >= 11 is 0. The molecule has 0 fully saturated rings. The Labute approximate surface area is 114 Å². The van der Waals surface area contributed by atoms with Crippen LogP contribution in [0.5, 0.6) is 0 Å². The molecule has 2 rings (SSSR count). The smallest absolute Gasteiger partial charge is 0.0101 e. The molecule has 0 nitrogen and oxygen atoms in total. The van der Waals surface area contributed by atoms with Gasteiger partial charge in [-0.25, -0.2) is 0 Å². The van der Waals surface area contributed by atoms with E-state index in [4.69, 9.17) is 0 Å². The minimum Gasteiger partial charge on any atom is -0.0683 e. The minimum atomic E-state index is 0.342. The van der Waals surface area contributed by atoms with Gasteiger partial charge in [-0.2, -0.15) is 0 Å². The van der Waals surface area contributed by atoms with Crippen molar-refractivity contribution in [3.05, 3.63) is 34.9 Å². The first kappa shape index (κ1) is 15.3. The molecule has 1 aliphatic carbocycles. The maximum atomic E-state index is 2.40. The molecule has 0 saturated carbocycles. The summed E-state index contributed by atoms with van der Waals surface area (Å²) < 4.78 is 0. The molecule has 0 atom stereocenters. The van der Waals surface area contributed by atoms with Gasteiger partial charge in [0.05, 0.1) is 0 Å². The van der Waals surface area contributed by atoms with Gasteiger partial charge in [-0.3, -0.25) is 0 Å². The average molecular weight is 246 g/mol. The van der Waals surface area contributed by atoms with Crippen molar-refractivity contribution in [3.8, 4) is 0 Å². The van der Waals surface area contributed by atoms with Gasteiger partial charge in [0, 0.05) is 0 Å². The Bertz CT molecular complexity index is 396. The molecule has 0 aromatic heterocycles. The zero-order chi connectivity index (χ0) is 14.0. The summed E-state index contributed by atoms with van der Waals surface area (Å²) in [5.74, 6) is 0. The van der Waals surface area contributed by atoms with E-state index >= 15 is 0 Å². The van der Waals surface area contributed by atoms with Gasteiger partial charge < -0.3 is 0 Å². The molecular formula is C18H30. The second kappa shape index (κ2) is 5.47. The van der Waals surface area contributed by atoms with E-state index in [-0.39, 0.29) is 0 Å². The molecule has 0 bridgehead atoms. The third-order valence-electron chi connectivity index (χ3n) is 4.09. The Balaban J connectivity index is 0.000000771. The van der Waals surface area contributed by atoms with Crippen LogP contribution in [0.2, 0.25) is 0 Å². The lowest BCUT2D eigenvalue weighted by atomic mass is 9.78. The predicted octanol–water partition coefficient (Wildman–Crippen LogP) is 5.66. The van der Waals surface area contributed by atoms with Crippen LogP contribution in [0, 0.1) is 12.3 Å². The summed E-state index contributed by atoms with van der Waals surface area (Å²) in [5.41, 5.74) is 5.34. The number of fused-ring (bicyclic) bond motifs is 1. The average Bonchev–Trinajstić information content (AvgIpc) is 2.39. The van der Waals surface area contributed by atoms with Crippen molar-refractivity contribution in [1.29, 1.82) is 0 Å². The second-order valence-electron chi connectivity index (χ2n) is 6.89. The van der Waals surface area contributed by atoms with Crippen LogP contribution in [0.3, 0.4) is 0 Å². The van der Waals surface area contributed by atoms with Crippen LogP contribution in [-0.4, -0.2) is 0 Å². The fourth-order valence-corrected chi connectivity index (χ4v) is 2.86. The standard InChI is InChI=1S/C16H24.C2H6/c1-12-6-7-13-11-15(2,3)8-9-16(4,5)14(13)10-12;1-2/h6-7,10H,8-9,11H2,1-5H3;1-2H3. The summed E-state index contributed by atoms with van der Waals surface area (Å²) in [6.07, 6.45) is 3.86. The number of hydrogen-bond donors (Lipinski definition) is 0. The summed E-state index contributed by atoms with van der Waals surface area (Å²) in [7, 11) is 0. The highest BCUT2D eigenvalue weighted by Gasteiger charge is 2.32. The number of benzene rings is 1. The van der Waals surface area contributed by atoms with Crippen LogP contribution >= 0.6 is 0 Å². The summed E-state index contributed by atoms with van der Waals surface area (Å²) in [6, 6.07) is 7.01. The number of rotatable bonds is 0. The van der Waals surface area contributed by atoms with Gasteiger partial charge >= 0.3 is 0 Å². The molecule has 1 aromatic carbocycles. The Hall–Kier alpha value is -0.780.